The molecule has 1 aromatic heterocycles. The summed E-state index contributed by atoms with van der Waals surface area (Å²) >= 11 is 0. The summed E-state index contributed by atoms with van der Waals surface area (Å²) in [4.78, 5) is 10.6. The smallest absolute Gasteiger partial charge is 0.313 e. The summed E-state index contributed by atoms with van der Waals surface area (Å²) in [5, 5.41) is 0. The van der Waals surface area contributed by atoms with Crippen LogP contribution in [0.2, 0.25) is 0 Å². The highest BCUT2D eigenvalue weighted by Crippen LogP contribution is 2.10. The second kappa shape index (κ2) is 4.79. The molecule has 0 atom stereocenters. The normalized spacial score (nSPS) is 8.45. The van der Waals surface area contributed by atoms with Crippen LogP contribution in [0.1, 0.15) is 13.3 Å². The highest BCUT2D eigenvalue weighted by molar-refractivity contribution is 5.85. The van der Waals surface area contributed by atoms with Gasteiger partial charge in [-0.2, -0.15) is 0 Å². The first kappa shape index (κ1) is 10.0. The predicted molar refractivity (Wildman–Crippen MR) is 41.9 cm³/mol. The topological polar surface area (TPSA) is 39.4 Å². The highest BCUT2D eigenvalue weighted by Gasteiger charge is 2.01. The van der Waals surface area contributed by atoms with Gasteiger partial charge in [0.25, 0.3) is 5.95 Å². The second-order valence-corrected chi connectivity index (χ2v) is 1.76. The summed E-state index contributed by atoms with van der Waals surface area (Å²) in [6.45, 7) is 1.73. The van der Waals surface area contributed by atoms with Crippen LogP contribution in [0.3, 0.4) is 0 Å². The lowest BCUT2D eigenvalue weighted by molar-refractivity contribution is -0.135. The van der Waals surface area contributed by atoms with Crippen molar-refractivity contribution >= 4 is 18.4 Å². The molecule has 0 bridgehead atoms. The molecule has 11 heavy (non-hydrogen) atoms. The molecule has 0 aromatic carbocycles. The fourth-order valence-corrected chi connectivity index (χ4v) is 0.506. The van der Waals surface area contributed by atoms with E-state index in [2.05, 4.69) is 0 Å². The largest absolute Gasteiger partial charge is 0.434 e. The van der Waals surface area contributed by atoms with Gasteiger partial charge in [0.2, 0.25) is 0 Å². The van der Waals surface area contributed by atoms with Crippen molar-refractivity contribution < 1.29 is 13.9 Å². The molecule has 0 fully saturated rings. The molecule has 0 amide bonds. The quantitative estimate of drug-likeness (QED) is 0.648. The van der Waals surface area contributed by atoms with Crippen LogP contribution in [-0.2, 0) is 4.79 Å². The molecule has 0 aliphatic heterocycles. The van der Waals surface area contributed by atoms with Gasteiger partial charge in [-0.15, -0.1) is 12.4 Å². The Kier molecular flexibility index (Phi) is 4.38. The van der Waals surface area contributed by atoms with Gasteiger partial charge in [-0.3, -0.25) is 4.79 Å². The van der Waals surface area contributed by atoms with E-state index in [1.807, 2.05) is 0 Å². The molecule has 1 aromatic rings. The van der Waals surface area contributed by atoms with E-state index in [0.717, 1.165) is 0 Å². The van der Waals surface area contributed by atoms with E-state index in [0.29, 0.717) is 6.42 Å². The number of furan rings is 1. The summed E-state index contributed by atoms with van der Waals surface area (Å²) in [6.07, 6.45) is 1.82. The summed E-state index contributed by atoms with van der Waals surface area (Å²) in [7, 11) is 0. The van der Waals surface area contributed by atoms with Gasteiger partial charge >= 0.3 is 5.97 Å². The molecule has 0 aliphatic rings. The predicted octanol–water partition coefficient (Wildman–Crippen LogP) is 2.02. The van der Waals surface area contributed by atoms with Gasteiger partial charge < -0.3 is 9.15 Å². The van der Waals surface area contributed by atoms with Crippen LogP contribution in [0.25, 0.3) is 0 Å². The maximum atomic E-state index is 10.6. The molecular formula is C7H9ClO3. The van der Waals surface area contributed by atoms with E-state index in [1.54, 1.807) is 19.1 Å². The van der Waals surface area contributed by atoms with Crippen molar-refractivity contribution in [3.8, 4) is 5.95 Å². The van der Waals surface area contributed by atoms with Crippen molar-refractivity contribution in [2.24, 2.45) is 0 Å². The average Bonchev–Trinajstić information content (AvgIpc) is 2.40. The Morgan fingerprint density at radius 3 is 2.91 bits per heavy atom. The molecule has 0 aliphatic carbocycles. The Bertz CT molecular complexity index is 205. The van der Waals surface area contributed by atoms with Gasteiger partial charge in [0, 0.05) is 12.5 Å². The van der Waals surface area contributed by atoms with Crippen LogP contribution in [0.5, 0.6) is 5.95 Å². The molecule has 3 nitrogen and oxygen atoms in total. The minimum Gasteiger partial charge on any atom is -0.434 e. The lowest BCUT2D eigenvalue weighted by atomic mass is 10.5. The van der Waals surface area contributed by atoms with Crippen molar-refractivity contribution in [1.29, 1.82) is 0 Å². The molecule has 0 saturated carbocycles. The molecule has 0 unspecified atom stereocenters. The average molecular weight is 177 g/mol. The van der Waals surface area contributed by atoms with Gasteiger partial charge in [-0.25, -0.2) is 0 Å². The van der Waals surface area contributed by atoms with Crippen LogP contribution in [0.15, 0.2) is 22.8 Å². The lowest BCUT2D eigenvalue weighted by Gasteiger charge is -1.94. The molecule has 0 radical (unpaired) electrons. The first-order valence-electron chi connectivity index (χ1n) is 3.07. The zero-order valence-electron chi connectivity index (χ0n) is 6.07. The Balaban J connectivity index is 0.000001000. The fourth-order valence-electron chi connectivity index (χ4n) is 0.506. The van der Waals surface area contributed by atoms with E-state index in [4.69, 9.17) is 9.15 Å². The summed E-state index contributed by atoms with van der Waals surface area (Å²) in [5.74, 6) is -0.0261. The molecule has 0 spiro atoms. The molecule has 1 heterocycles. The third-order valence-corrected chi connectivity index (χ3v) is 0.998. The summed E-state index contributed by atoms with van der Waals surface area (Å²) in [6, 6.07) is 3.26. The van der Waals surface area contributed by atoms with E-state index in [9.17, 15) is 4.79 Å². The number of hydrogen-bond acceptors (Lipinski definition) is 3. The minimum atomic E-state index is -0.282. The van der Waals surface area contributed by atoms with Gasteiger partial charge in [0.1, 0.15) is 0 Å². The summed E-state index contributed by atoms with van der Waals surface area (Å²) in [5.41, 5.74) is 0. The lowest BCUT2D eigenvalue weighted by Crippen LogP contribution is -2.04. The third kappa shape index (κ3) is 3.09. The SMILES string of the molecule is CCC(=O)Oc1ccco1.Cl. The zero-order chi connectivity index (χ0) is 7.40. The van der Waals surface area contributed by atoms with Crippen LogP contribution in [-0.4, -0.2) is 5.97 Å². The van der Waals surface area contributed by atoms with Crippen molar-refractivity contribution in [3.05, 3.63) is 18.4 Å². The van der Waals surface area contributed by atoms with Gasteiger partial charge in [-0.05, 0) is 6.07 Å². The van der Waals surface area contributed by atoms with E-state index in [-0.39, 0.29) is 24.3 Å². The van der Waals surface area contributed by atoms with E-state index >= 15 is 0 Å². The number of carbonyl (C=O) groups is 1. The minimum absolute atomic E-state index is 0. The first-order valence-corrected chi connectivity index (χ1v) is 3.07. The number of esters is 1. The van der Waals surface area contributed by atoms with Crippen LogP contribution in [0.4, 0.5) is 0 Å². The molecule has 4 heteroatoms. The Morgan fingerprint density at radius 2 is 2.45 bits per heavy atom. The first-order chi connectivity index (χ1) is 4.83. The van der Waals surface area contributed by atoms with Crippen molar-refractivity contribution in [1.82, 2.24) is 0 Å². The maximum absolute atomic E-state index is 10.6. The van der Waals surface area contributed by atoms with Crippen LogP contribution >= 0.6 is 12.4 Å². The molecule has 0 saturated heterocycles. The Labute approximate surface area is 70.7 Å². The fraction of sp³-hybridized carbons (Fsp3) is 0.286. The van der Waals surface area contributed by atoms with Crippen molar-refractivity contribution in [3.63, 3.8) is 0 Å². The van der Waals surface area contributed by atoms with E-state index in [1.165, 1.54) is 6.26 Å². The van der Waals surface area contributed by atoms with Crippen LogP contribution < -0.4 is 4.74 Å². The monoisotopic (exact) mass is 176 g/mol. The molecule has 0 N–H and O–H groups in total. The molecular weight excluding hydrogens is 168 g/mol. The third-order valence-electron chi connectivity index (χ3n) is 0.998. The second-order valence-electron chi connectivity index (χ2n) is 1.76. The number of ether oxygens (including phenoxy) is 1. The van der Waals surface area contributed by atoms with Gasteiger partial charge in [-0.1, -0.05) is 6.92 Å². The number of rotatable bonds is 2. The maximum Gasteiger partial charge on any atom is 0.313 e. The van der Waals surface area contributed by atoms with Crippen molar-refractivity contribution in [2.75, 3.05) is 0 Å². The van der Waals surface area contributed by atoms with Crippen LogP contribution in [0, 0.1) is 0 Å². The van der Waals surface area contributed by atoms with Crippen molar-refractivity contribution in [2.45, 2.75) is 13.3 Å². The number of halogens is 1. The van der Waals surface area contributed by atoms with E-state index < -0.39 is 0 Å². The van der Waals surface area contributed by atoms with Gasteiger partial charge in [0.15, 0.2) is 0 Å². The zero-order valence-corrected chi connectivity index (χ0v) is 6.89. The van der Waals surface area contributed by atoms with Gasteiger partial charge in [0.05, 0.1) is 6.26 Å². The summed E-state index contributed by atoms with van der Waals surface area (Å²) < 4.78 is 9.46. The Morgan fingerprint density at radius 1 is 1.73 bits per heavy atom. The molecule has 1 rings (SSSR count). The Hall–Kier alpha value is -0.960. The number of carbonyl (C=O) groups excluding carboxylic acids is 1. The number of hydrogen-bond donors (Lipinski definition) is 0. The highest BCUT2D eigenvalue weighted by atomic mass is 35.5. The standard InChI is InChI=1S/C7H8O3.ClH/c1-2-6(8)10-7-4-3-5-9-7;/h3-5H,2H2,1H3;1H. The molecule has 62 valence electrons.